The van der Waals surface area contributed by atoms with Gasteiger partial charge in [-0.1, -0.05) is 13.8 Å². The molecular formula is C15H27N3. The molecule has 1 aliphatic rings. The first-order valence-electron chi connectivity index (χ1n) is 7.22. The average Bonchev–Trinajstić information content (AvgIpc) is 2.48. The molecule has 102 valence electrons. The van der Waals surface area contributed by atoms with Crippen LogP contribution in [-0.4, -0.2) is 15.8 Å². The normalized spacial score (nSPS) is 23.6. The van der Waals surface area contributed by atoms with Crippen molar-refractivity contribution >= 4 is 5.69 Å². The van der Waals surface area contributed by atoms with Crippen molar-refractivity contribution in [2.75, 3.05) is 5.32 Å². The second kappa shape index (κ2) is 4.94. The maximum atomic E-state index is 4.63. The van der Waals surface area contributed by atoms with E-state index in [-0.39, 0.29) is 0 Å². The van der Waals surface area contributed by atoms with Gasteiger partial charge >= 0.3 is 0 Å². The monoisotopic (exact) mass is 249 g/mol. The quantitative estimate of drug-likeness (QED) is 0.876. The van der Waals surface area contributed by atoms with Gasteiger partial charge in [-0.2, -0.15) is 5.10 Å². The summed E-state index contributed by atoms with van der Waals surface area (Å²) in [7, 11) is 0. The molecule has 0 saturated heterocycles. The van der Waals surface area contributed by atoms with Crippen molar-refractivity contribution in [3.8, 4) is 0 Å². The zero-order valence-electron chi connectivity index (χ0n) is 12.6. The molecule has 0 amide bonds. The Morgan fingerprint density at radius 3 is 2.22 bits per heavy atom. The molecule has 0 aliphatic heterocycles. The van der Waals surface area contributed by atoms with Gasteiger partial charge in [-0.25, -0.2) is 0 Å². The van der Waals surface area contributed by atoms with E-state index in [1.165, 1.54) is 24.2 Å². The number of nitrogens with one attached hydrogen (secondary N) is 1. The highest BCUT2D eigenvalue weighted by Gasteiger charge is 2.32. The van der Waals surface area contributed by atoms with Gasteiger partial charge in [0, 0.05) is 12.1 Å². The molecule has 18 heavy (non-hydrogen) atoms. The van der Waals surface area contributed by atoms with Gasteiger partial charge in [0.25, 0.3) is 0 Å². The first-order chi connectivity index (χ1) is 8.40. The summed E-state index contributed by atoms with van der Waals surface area (Å²) in [5.74, 6) is 1.73. The molecule has 0 radical (unpaired) electrons. The van der Waals surface area contributed by atoms with E-state index >= 15 is 0 Å². The van der Waals surface area contributed by atoms with E-state index in [9.17, 15) is 0 Å². The Labute approximate surface area is 111 Å². The lowest BCUT2D eigenvalue weighted by atomic mass is 9.73. The maximum absolute atomic E-state index is 4.63. The van der Waals surface area contributed by atoms with Crippen LogP contribution < -0.4 is 5.32 Å². The summed E-state index contributed by atoms with van der Waals surface area (Å²) < 4.78 is 2.12. The Kier molecular flexibility index (Phi) is 3.69. The van der Waals surface area contributed by atoms with Crippen molar-refractivity contribution in [3.05, 3.63) is 11.4 Å². The highest BCUT2D eigenvalue weighted by atomic mass is 15.3. The molecule has 1 fully saturated rings. The van der Waals surface area contributed by atoms with Gasteiger partial charge < -0.3 is 5.32 Å². The number of nitrogens with zero attached hydrogens (tertiary/aromatic N) is 2. The number of rotatable bonds is 4. The predicted molar refractivity (Wildman–Crippen MR) is 77.1 cm³/mol. The fraction of sp³-hybridized carbons (Fsp3) is 0.800. The summed E-state index contributed by atoms with van der Waals surface area (Å²) >= 11 is 0. The van der Waals surface area contributed by atoms with Crippen molar-refractivity contribution < 1.29 is 0 Å². The second-order valence-electron chi connectivity index (χ2n) is 6.40. The first-order valence-corrected chi connectivity index (χ1v) is 7.22. The molecule has 3 nitrogen and oxygen atoms in total. The van der Waals surface area contributed by atoms with Crippen molar-refractivity contribution in [1.82, 2.24) is 9.78 Å². The van der Waals surface area contributed by atoms with E-state index in [0.717, 1.165) is 17.5 Å². The smallest absolute Gasteiger partial charge is 0.0828 e. The Balaban J connectivity index is 2.03. The average molecular weight is 249 g/mol. The number of anilines is 1. The van der Waals surface area contributed by atoms with Crippen LogP contribution in [0.15, 0.2) is 0 Å². The molecular weight excluding hydrogens is 222 g/mol. The fourth-order valence-corrected chi connectivity index (χ4v) is 2.90. The third kappa shape index (κ3) is 2.40. The lowest BCUT2D eigenvalue weighted by Gasteiger charge is -2.39. The van der Waals surface area contributed by atoms with Gasteiger partial charge in [0.1, 0.15) is 0 Å². The highest BCUT2D eigenvalue weighted by molar-refractivity contribution is 5.53. The third-order valence-corrected chi connectivity index (χ3v) is 4.28. The molecule has 1 aliphatic carbocycles. The van der Waals surface area contributed by atoms with Crippen molar-refractivity contribution in [2.45, 2.75) is 66.5 Å². The molecule has 1 aromatic rings. The minimum atomic E-state index is 0.434. The summed E-state index contributed by atoms with van der Waals surface area (Å²) in [6.07, 6.45) is 2.62. The highest BCUT2D eigenvalue weighted by Crippen LogP contribution is 2.36. The van der Waals surface area contributed by atoms with Crippen LogP contribution in [0.3, 0.4) is 0 Å². The Bertz CT molecular complexity index is 412. The van der Waals surface area contributed by atoms with Crippen LogP contribution >= 0.6 is 0 Å². The van der Waals surface area contributed by atoms with Gasteiger partial charge in [-0.05, 0) is 52.4 Å². The van der Waals surface area contributed by atoms with Crippen LogP contribution in [0.5, 0.6) is 0 Å². The van der Waals surface area contributed by atoms with E-state index in [1.807, 2.05) is 0 Å². The summed E-state index contributed by atoms with van der Waals surface area (Å²) in [6, 6.07) is 1.09. The number of aromatic nitrogens is 2. The van der Waals surface area contributed by atoms with E-state index in [4.69, 9.17) is 0 Å². The van der Waals surface area contributed by atoms with Gasteiger partial charge in [0.05, 0.1) is 17.1 Å². The maximum Gasteiger partial charge on any atom is 0.0828 e. The summed E-state index contributed by atoms with van der Waals surface area (Å²) in [4.78, 5) is 0. The van der Waals surface area contributed by atoms with E-state index < -0.39 is 0 Å². The molecule has 0 aromatic carbocycles. The van der Waals surface area contributed by atoms with E-state index in [2.05, 4.69) is 56.6 Å². The Morgan fingerprint density at radius 1 is 1.17 bits per heavy atom. The molecule has 0 unspecified atom stereocenters. The fourth-order valence-electron chi connectivity index (χ4n) is 2.90. The lowest BCUT2D eigenvalue weighted by molar-refractivity contribution is 0.211. The van der Waals surface area contributed by atoms with Crippen LogP contribution in [0.2, 0.25) is 0 Å². The number of hydrogen-bond acceptors (Lipinski definition) is 2. The standard InChI is InChI=1S/C15H27N3/c1-9(2)13-7-14(8-13)16-15-11(5)17-18(10(3)4)12(15)6/h9-10,13-14,16H,7-8H2,1-6H3. The molecule has 1 saturated carbocycles. The second-order valence-corrected chi connectivity index (χ2v) is 6.40. The molecule has 1 heterocycles. The van der Waals surface area contributed by atoms with Crippen LogP contribution in [-0.2, 0) is 0 Å². The zero-order chi connectivity index (χ0) is 13.4. The Hall–Kier alpha value is -0.990. The van der Waals surface area contributed by atoms with Gasteiger partial charge in [-0.3, -0.25) is 4.68 Å². The van der Waals surface area contributed by atoms with Crippen molar-refractivity contribution in [1.29, 1.82) is 0 Å². The molecule has 1 aromatic heterocycles. The molecule has 1 N–H and O–H groups in total. The van der Waals surface area contributed by atoms with Gasteiger partial charge in [0.2, 0.25) is 0 Å². The molecule has 0 bridgehead atoms. The van der Waals surface area contributed by atoms with Crippen LogP contribution in [0.1, 0.15) is 58.0 Å². The van der Waals surface area contributed by atoms with E-state index in [1.54, 1.807) is 0 Å². The number of hydrogen-bond donors (Lipinski definition) is 1. The molecule has 0 spiro atoms. The first kappa shape index (κ1) is 13.4. The summed E-state index contributed by atoms with van der Waals surface area (Å²) in [6.45, 7) is 13.3. The minimum Gasteiger partial charge on any atom is -0.379 e. The largest absolute Gasteiger partial charge is 0.379 e. The summed E-state index contributed by atoms with van der Waals surface area (Å²) in [5.41, 5.74) is 3.67. The minimum absolute atomic E-state index is 0.434. The number of aryl methyl sites for hydroxylation is 1. The van der Waals surface area contributed by atoms with Gasteiger partial charge in [-0.15, -0.1) is 0 Å². The lowest BCUT2D eigenvalue weighted by Crippen LogP contribution is -2.38. The molecule has 3 heteroatoms. The Morgan fingerprint density at radius 2 is 1.78 bits per heavy atom. The molecule has 0 atom stereocenters. The zero-order valence-corrected chi connectivity index (χ0v) is 12.6. The van der Waals surface area contributed by atoms with E-state index in [0.29, 0.717) is 12.1 Å². The topological polar surface area (TPSA) is 29.9 Å². The SMILES string of the molecule is Cc1nn(C(C)C)c(C)c1NC1CC(C(C)C)C1. The van der Waals surface area contributed by atoms with Crippen LogP contribution in [0.4, 0.5) is 5.69 Å². The predicted octanol–water partition coefficient (Wildman–Crippen LogP) is 3.93. The van der Waals surface area contributed by atoms with Crippen LogP contribution in [0.25, 0.3) is 0 Å². The van der Waals surface area contributed by atoms with Crippen molar-refractivity contribution in [2.24, 2.45) is 11.8 Å². The summed E-state index contributed by atoms with van der Waals surface area (Å²) in [5, 5.41) is 8.32. The third-order valence-electron chi connectivity index (χ3n) is 4.28. The molecule has 2 rings (SSSR count). The van der Waals surface area contributed by atoms with Crippen LogP contribution in [0, 0.1) is 25.7 Å². The van der Waals surface area contributed by atoms with Gasteiger partial charge in [0.15, 0.2) is 0 Å². The van der Waals surface area contributed by atoms with Crippen molar-refractivity contribution in [3.63, 3.8) is 0 Å².